The van der Waals surface area contributed by atoms with Crippen molar-refractivity contribution in [2.75, 3.05) is 18.1 Å². The average molecular weight is 252 g/mol. The summed E-state index contributed by atoms with van der Waals surface area (Å²) < 4.78 is 0. The quantitative estimate of drug-likeness (QED) is 0.765. The highest BCUT2D eigenvalue weighted by Gasteiger charge is 2.04. The molecule has 17 heavy (non-hydrogen) atoms. The fraction of sp³-hybridized carbons (Fsp3) is 0.462. The molecule has 0 saturated heterocycles. The van der Waals surface area contributed by atoms with Crippen molar-refractivity contribution in [3.8, 4) is 0 Å². The zero-order valence-electron chi connectivity index (χ0n) is 10.6. The summed E-state index contributed by atoms with van der Waals surface area (Å²) in [5.41, 5.74) is 0.854. The third-order valence-corrected chi connectivity index (χ3v) is 3.30. The second-order valence-corrected chi connectivity index (χ2v) is 4.85. The average Bonchev–Trinajstić information content (AvgIpc) is 2.36. The molecule has 0 saturated carbocycles. The normalized spacial score (nSPS) is 12.2. The molecule has 1 amide bonds. The molecule has 0 aliphatic rings. The van der Waals surface area contributed by atoms with E-state index < -0.39 is 0 Å². The molecule has 0 fully saturated rings. The van der Waals surface area contributed by atoms with Crippen LogP contribution in [0.3, 0.4) is 0 Å². The number of rotatable bonds is 6. The van der Waals surface area contributed by atoms with Crippen LogP contribution in [0.4, 0.5) is 5.69 Å². The molecular formula is C13H20N2OS. The summed E-state index contributed by atoms with van der Waals surface area (Å²) in [5, 5.41) is 6.04. The van der Waals surface area contributed by atoms with Gasteiger partial charge in [0.2, 0.25) is 5.91 Å². The van der Waals surface area contributed by atoms with Crippen molar-refractivity contribution < 1.29 is 4.79 Å². The topological polar surface area (TPSA) is 41.1 Å². The Morgan fingerprint density at radius 1 is 1.47 bits per heavy atom. The van der Waals surface area contributed by atoms with Crippen LogP contribution in [0.1, 0.15) is 20.3 Å². The van der Waals surface area contributed by atoms with Gasteiger partial charge in [-0.2, -0.15) is 0 Å². The molecule has 1 rings (SSSR count). The fourth-order valence-corrected chi connectivity index (χ4v) is 1.78. The molecule has 1 aromatic carbocycles. The Labute approximate surface area is 107 Å². The van der Waals surface area contributed by atoms with Gasteiger partial charge in [-0.15, -0.1) is 11.8 Å². The van der Waals surface area contributed by atoms with Crippen molar-refractivity contribution in [3.05, 3.63) is 24.3 Å². The van der Waals surface area contributed by atoms with Crippen LogP contribution in [0.15, 0.2) is 29.2 Å². The summed E-state index contributed by atoms with van der Waals surface area (Å²) in [5.74, 6) is 0.00329. The molecule has 1 atom stereocenters. The van der Waals surface area contributed by atoms with Gasteiger partial charge in [-0.05, 0) is 37.8 Å². The number of anilines is 1. The minimum atomic E-state index is 0.00329. The molecule has 0 aromatic heterocycles. The number of hydrogen-bond donors (Lipinski definition) is 2. The maximum Gasteiger partial charge on any atom is 0.238 e. The lowest BCUT2D eigenvalue weighted by molar-refractivity contribution is -0.115. The first kappa shape index (κ1) is 14.1. The van der Waals surface area contributed by atoms with E-state index in [0.29, 0.717) is 12.6 Å². The second kappa shape index (κ2) is 7.35. The van der Waals surface area contributed by atoms with Crippen molar-refractivity contribution in [2.24, 2.45) is 0 Å². The fourth-order valence-electron chi connectivity index (χ4n) is 1.32. The molecule has 4 heteroatoms. The van der Waals surface area contributed by atoms with E-state index in [9.17, 15) is 4.79 Å². The highest BCUT2D eigenvalue weighted by Crippen LogP contribution is 2.18. The van der Waals surface area contributed by atoms with Crippen LogP contribution in [0, 0.1) is 0 Å². The number of hydrogen-bond acceptors (Lipinski definition) is 3. The smallest absolute Gasteiger partial charge is 0.238 e. The number of carbonyl (C=O) groups is 1. The largest absolute Gasteiger partial charge is 0.325 e. The van der Waals surface area contributed by atoms with Crippen molar-refractivity contribution in [3.63, 3.8) is 0 Å². The van der Waals surface area contributed by atoms with Crippen molar-refractivity contribution in [1.82, 2.24) is 5.32 Å². The van der Waals surface area contributed by atoms with Gasteiger partial charge in [-0.1, -0.05) is 13.0 Å². The summed E-state index contributed by atoms with van der Waals surface area (Å²) in [6.07, 6.45) is 3.04. The highest BCUT2D eigenvalue weighted by atomic mass is 32.2. The maximum absolute atomic E-state index is 11.7. The molecule has 0 heterocycles. The van der Waals surface area contributed by atoms with Gasteiger partial charge in [0.1, 0.15) is 0 Å². The predicted octanol–water partition coefficient (Wildman–Crippen LogP) is 2.74. The maximum atomic E-state index is 11.7. The van der Waals surface area contributed by atoms with Crippen molar-refractivity contribution in [2.45, 2.75) is 31.2 Å². The molecular weight excluding hydrogens is 232 g/mol. The lowest BCUT2D eigenvalue weighted by atomic mass is 10.2. The van der Waals surface area contributed by atoms with Crippen LogP contribution in [-0.2, 0) is 4.79 Å². The minimum Gasteiger partial charge on any atom is -0.325 e. The van der Waals surface area contributed by atoms with Gasteiger partial charge in [0, 0.05) is 16.6 Å². The van der Waals surface area contributed by atoms with E-state index in [1.54, 1.807) is 11.8 Å². The second-order valence-electron chi connectivity index (χ2n) is 3.97. The summed E-state index contributed by atoms with van der Waals surface area (Å²) >= 11 is 1.66. The SMILES string of the molecule is CCC(C)NCC(=O)Nc1cccc(SC)c1. The first-order valence-electron chi connectivity index (χ1n) is 5.83. The number of nitrogens with one attached hydrogen (secondary N) is 2. The number of benzene rings is 1. The lowest BCUT2D eigenvalue weighted by Gasteiger charge is -2.11. The van der Waals surface area contributed by atoms with E-state index in [1.807, 2.05) is 30.5 Å². The van der Waals surface area contributed by atoms with E-state index in [1.165, 1.54) is 0 Å². The number of thioether (sulfide) groups is 1. The Morgan fingerprint density at radius 2 is 2.24 bits per heavy atom. The molecule has 0 radical (unpaired) electrons. The molecule has 1 aromatic rings. The van der Waals surface area contributed by atoms with E-state index in [4.69, 9.17) is 0 Å². The molecule has 94 valence electrons. The van der Waals surface area contributed by atoms with Gasteiger partial charge < -0.3 is 10.6 Å². The van der Waals surface area contributed by atoms with E-state index in [0.717, 1.165) is 17.0 Å². The standard InChI is InChI=1S/C13H20N2OS/c1-4-10(2)14-9-13(16)15-11-6-5-7-12(8-11)17-3/h5-8,10,14H,4,9H2,1-3H3,(H,15,16). The van der Waals surface area contributed by atoms with Gasteiger partial charge in [0.05, 0.1) is 6.54 Å². The summed E-state index contributed by atoms with van der Waals surface area (Å²) in [7, 11) is 0. The molecule has 1 unspecified atom stereocenters. The molecule has 3 nitrogen and oxygen atoms in total. The lowest BCUT2D eigenvalue weighted by Crippen LogP contribution is -2.33. The summed E-state index contributed by atoms with van der Waals surface area (Å²) in [4.78, 5) is 12.8. The van der Waals surface area contributed by atoms with E-state index in [-0.39, 0.29) is 5.91 Å². The van der Waals surface area contributed by atoms with Gasteiger partial charge in [0.25, 0.3) is 0 Å². The summed E-state index contributed by atoms with van der Waals surface area (Å²) in [6, 6.07) is 8.23. The zero-order valence-corrected chi connectivity index (χ0v) is 11.4. The molecule has 2 N–H and O–H groups in total. The molecule has 0 aliphatic heterocycles. The molecule has 0 bridgehead atoms. The van der Waals surface area contributed by atoms with Crippen molar-refractivity contribution in [1.29, 1.82) is 0 Å². The van der Waals surface area contributed by atoms with Crippen LogP contribution in [0.2, 0.25) is 0 Å². The Kier molecular flexibility index (Phi) is 6.08. The first-order chi connectivity index (χ1) is 8.15. The monoisotopic (exact) mass is 252 g/mol. The first-order valence-corrected chi connectivity index (χ1v) is 7.05. The Hall–Kier alpha value is -1.00. The van der Waals surface area contributed by atoms with Crippen LogP contribution in [0.5, 0.6) is 0 Å². The van der Waals surface area contributed by atoms with Crippen LogP contribution in [0.25, 0.3) is 0 Å². The van der Waals surface area contributed by atoms with Crippen molar-refractivity contribution >= 4 is 23.4 Å². The van der Waals surface area contributed by atoms with Crippen LogP contribution < -0.4 is 10.6 Å². The highest BCUT2D eigenvalue weighted by molar-refractivity contribution is 7.98. The van der Waals surface area contributed by atoms with Gasteiger partial charge >= 0.3 is 0 Å². The van der Waals surface area contributed by atoms with Gasteiger partial charge in [-0.3, -0.25) is 4.79 Å². The number of carbonyl (C=O) groups excluding carboxylic acids is 1. The zero-order chi connectivity index (χ0) is 12.7. The molecule has 0 spiro atoms. The minimum absolute atomic E-state index is 0.00329. The Balaban J connectivity index is 2.44. The van der Waals surface area contributed by atoms with E-state index in [2.05, 4.69) is 24.5 Å². The predicted molar refractivity (Wildman–Crippen MR) is 74.6 cm³/mol. The summed E-state index contributed by atoms with van der Waals surface area (Å²) in [6.45, 7) is 4.53. The van der Waals surface area contributed by atoms with Crippen LogP contribution in [-0.4, -0.2) is 24.7 Å². The number of amides is 1. The Morgan fingerprint density at radius 3 is 2.88 bits per heavy atom. The van der Waals surface area contributed by atoms with Gasteiger partial charge in [-0.25, -0.2) is 0 Å². The Bertz CT molecular complexity index is 368. The van der Waals surface area contributed by atoms with E-state index >= 15 is 0 Å². The molecule has 0 aliphatic carbocycles. The third kappa shape index (κ3) is 5.24. The van der Waals surface area contributed by atoms with Crippen LogP contribution >= 0.6 is 11.8 Å². The third-order valence-electron chi connectivity index (χ3n) is 2.58. The van der Waals surface area contributed by atoms with Gasteiger partial charge in [0.15, 0.2) is 0 Å².